The normalized spacial score (nSPS) is 17.8. The summed E-state index contributed by atoms with van der Waals surface area (Å²) in [5.74, 6) is -1.20. The van der Waals surface area contributed by atoms with Crippen molar-refractivity contribution in [2.24, 2.45) is 5.41 Å². The van der Waals surface area contributed by atoms with Crippen molar-refractivity contribution < 1.29 is 19.4 Å². The van der Waals surface area contributed by atoms with Crippen molar-refractivity contribution in [1.82, 2.24) is 4.57 Å². The molecule has 1 aromatic heterocycles. The first kappa shape index (κ1) is 19.9. The number of hydrogen-bond donors (Lipinski definition) is 1. The van der Waals surface area contributed by atoms with E-state index in [-0.39, 0.29) is 24.2 Å². The number of nitrogens with zero attached hydrogens (tertiary/aromatic N) is 1. The zero-order valence-corrected chi connectivity index (χ0v) is 16.9. The minimum Gasteiger partial charge on any atom is -0.480 e. The predicted octanol–water partition coefficient (Wildman–Crippen LogP) is 3.74. The van der Waals surface area contributed by atoms with Crippen molar-refractivity contribution >= 4 is 23.4 Å². The Morgan fingerprint density at radius 2 is 1.97 bits per heavy atom. The second kappa shape index (κ2) is 7.43. The van der Waals surface area contributed by atoms with Gasteiger partial charge >= 0.3 is 5.97 Å². The van der Waals surface area contributed by atoms with Gasteiger partial charge in [0, 0.05) is 49.4 Å². The molecule has 1 N–H and O–H groups in total. The Bertz CT molecular complexity index is 1050. The fourth-order valence-electron chi connectivity index (χ4n) is 4.23. The fourth-order valence-corrected chi connectivity index (χ4v) is 4.41. The molecule has 2 aliphatic rings. The van der Waals surface area contributed by atoms with Gasteiger partial charge in [-0.3, -0.25) is 9.59 Å². The first-order valence-electron chi connectivity index (χ1n) is 9.63. The molecule has 0 bridgehead atoms. The Morgan fingerprint density at radius 3 is 2.62 bits per heavy atom. The number of benzene rings is 1. The maximum absolute atomic E-state index is 13.2. The number of carboxylic acid groups (broad SMARTS) is 1. The van der Waals surface area contributed by atoms with Gasteiger partial charge in [-0.1, -0.05) is 17.7 Å². The van der Waals surface area contributed by atoms with Crippen LogP contribution >= 0.6 is 11.6 Å². The van der Waals surface area contributed by atoms with E-state index in [1.54, 1.807) is 6.07 Å². The lowest BCUT2D eigenvalue weighted by atomic mass is 9.81. The molecule has 1 unspecified atom stereocenters. The monoisotopic (exact) mass is 415 g/mol. The maximum atomic E-state index is 13.2. The summed E-state index contributed by atoms with van der Waals surface area (Å²) in [6.45, 7) is 0.190. The third-order valence-electron chi connectivity index (χ3n) is 6.02. The van der Waals surface area contributed by atoms with Gasteiger partial charge in [0.25, 0.3) is 5.56 Å². The number of carbonyl (C=O) groups excluding carboxylic acids is 1. The van der Waals surface area contributed by atoms with Crippen LogP contribution in [0.15, 0.2) is 35.3 Å². The number of aromatic nitrogens is 1. The highest BCUT2D eigenvalue weighted by atomic mass is 35.5. The van der Waals surface area contributed by atoms with Gasteiger partial charge < -0.3 is 14.4 Å². The number of carbonyl (C=O) groups is 2. The lowest BCUT2D eigenvalue weighted by Gasteiger charge is -2.24. The molecule has 1 spiro atoms. The molecule has 29 heavy (non-hydrogen) atoms. The summed E-state index contributed by atoms with van der Waals surface area (Å²) < 4.78 is 6.13. The molecule has 0 aliphatic heterocycles. The summed E-state index contributed by atoms with van der Waals surface area (Å²) in [4.78, 5) is 37.8. The number of methoxy groups -OCH3 is 1. The van der Waals surface area contributed by atoms with Crippen molar-refractivity contribution in [2.75, 3.05) is 13.7 Å². The van der Waals surface area contributed by atoms with E-state index < -0.39 is 17.6 Å². The van der Waals surface area contributed by atoms with Crippen molar-refractivity contribution in [1.29, 1.82) is 0 Å². The number of ketones is 1. The van der Waals surface area contributed by atoms with Crippen LogP contribution in [0.4, 0.5) is 0 Å². The fraction of sp³-hybridized carbons (Fsp3) is 0.409. The van der Waals surface area contributed by atoms with E-state index in [1.807, 2.05) is 12.1 Å². The van der Waals surface area contributed by atoms with E-state index >= 15 is 0 Å². The molecule has 0 radical (unpaired) electrons. The number of fused-ring (bicyclic) bond motifs is 3. The Hall–Kier alpha value is -2.44. The molecule has 152 valence electrons. The minimum absolute atomic E-state index is 0.0411. The summed E-state index contributed by atoms with van der Waals surface area (Å²) in [7, 11) is 1.47. The second-order valence-electron chi connectivity index (χ2n) is 8.06. The largest absolute Gasteiger partial charge is 0.480 e. The van der Waals surface area contributed by atoms with Gasteiger partial charge in [-0.15, -0.1) is 0 Å². The van der Waals surface area contributed by atoms with E-state index in [2.05, 4.69) is 0 Å². The van der Waals surface area contributed by atoms with Crippen LogP contribution in [0.1, 0.15) is 47.6 Å². The number of Topliss-reactive ketones (excluding diaryl/α,β-unsaturated/α-hetero) is 1. The zero-order chi connectivity index (χ0) is 20.8. The standard InChI is InChI=1S/C22H22ClNO5/c1-29-7-4-18(21(27)28)24-12-17-16(9-20(24)26)15-8-14(23)3-2-13(15)10-22(5-6-22)11-19(17)25/h2-3,8-9,12,18H,4-7,10-11H2,1H3,(H,27,28). The minimum atomic E-state index is -1.13. The van der Waals surface area contributed by atoms with E-state index in [0.29, 0.717) is 22.6 Å². The molecule has 1 aromatic carbocycles. The first-order chi connectivity index (χ1) is 13.8. The highest BCUT2D eigenvalue weighted by molar-refractivity contribution is 6.31. The highest BCUT2D eigenvalue weighted by Crippen LogP contribution is 2.54. The van der Waals surface area contributed by atoms with Crippen molar-refractivity contribution in [3.05, 3.63) is 57.0 Å². The average molecular weight is 416 g/mol. The van der Waals surface area contributed by atoms with Gasteiger partial charge in [0.05, 0.1) is 0 Å². The van der Waals surface area contributed by atoms with E-state index in [9.17, 15) is 19.5 Å². The molecule has 7 heteroatoms. The van der Waals surface area contributed by atoms with Crippen LogP contribution < -0.4 is 5.56 Å². The molecule has 4 rings (SSSR count). The number of rotatable bonds is 5. The summed E-state index contributed by atoms with van der Waals surface area (Å²) in [6, 6.07) is 5.84. The van der Waals surface area contributed by atoms with Gasteiger partial charge in [0.15, 0.2) is 5.78 Å². The first-order valence-corrected chi connectivity index (χ1v) is 10.0. The molecular formula is C22H22ClNO5. The van der Waals surface area contributed by atoms with Crippen molar-refractivity contribution in [3.8, 4) is 11.1 Å². The van der Waals surface area contributed by atoms with Gasteiger partial charge in [-0.25, -0.2) is 4.79 Å². The molecule has 1 fully saturated rings. The Labute approximate surface area is 173 Å². The lowest BCUT2D eigenvalue weighted by molar-refractivity contribution is -0.141. The van der Waals surface area contributed by atoms with Crippen LogP contribution in [0.2, 0.25) is 5.02 Å². The summed E-state index contributed by atoms with van der Waals surface area (Å²) >= 11 is 6.22. The number of aliphatic carboxylic acids is 1. The maximum Gasteiger partial charge on any atom is 0.326 e. The van der Waals surface area contributed by atoms with Crippen LogP contribution in [-0.4, -0.2) is 35.1 Å². The van der Waals surface area contributed by atoms with E-state index in [0.717, 1.165) is 35.0 Å². The Balaban J connectivity index is 1.91. The van der Waals surface area contributed by atoms with Crippen molar-refractivity contribution in [3.63, 3.8) is 0 Å². The highest BCUT2D eigenvalue weighted by Gasteiger charge is 2.46. The molecule has 2 aromatic rings. The van der Waals surface area contributed by atoms with Crippen LogP contribution in [0.5, 0.6) is 0 Å². The third-order valence-corrected chi connectivity index (χ3v) is 6.25. The SMILES string of the molecule is COCCC(C(=O)O)n1cc2c(cc1=O)-c1cc(Cl)ccc1CC1(CC1)CC2=O. The summed E-state index contributed by atoms with van der Waals surface area (Å²) in [5, 5.41) is 10.1. The van der Waals surface area contributed by atoms with Crippen LogP contribution in [0.25, 0.3) is 11.1 Å². The molecular weight excluding hydrogens is 394 g/mol. The Morgan fingerprint density at radius 1 is 1.21 bits per heavy atom. The summed E-state index contributed by atoms with van der Waals surface area (Å²) in [5.41, 5.74) is 2.24. The van der Waals surface area contributed by atoms with Crippen LogP contribution in [0, 0.1) is 5.41 Å². The average Bonchev–Trinajstić information content (AvgIpc) is 3.42. The van der Waals surface area contributed by atoms with Crippen LogP contribution in [0.3, 0.4) is 0 Å². The smallest absolute Gasteiger partial charge is 0.326 e. The molecule has 1 heterocycles. The number of ether oxygens (including phenoxy) is 1. The van der Waals surface area contributed by atoms with Gasteiger partial charge in [0.2, 0.25) is 0 Å². The lowest BCUT2D eigenvalue weighted by Crippen LogP contribution is -2.32. The van der Waals surface area contributed by atoms with Gasteiger partial charge in [-0.05, 0) is 53.5 Å². The molecule has 6 nitrogen and oxygen atoms in total. The molecule has 2 aliphatic carbocycles. The number of pyridine rings is 1. The molecule has 1 atom stereocenters. The zero-order valence-electron chi connectivity index (χ0n) is 16.1. The van der Waals surface area contributed by atoms with Gasteiger partial charge in [-0.2, -0.15) is 0 Å². The molecule has 1 saturated carbocycles. The quantitative estimate of drug-likeness (QED) is 0.803. The van der Waals surface area contributed by atoms with Crippen LogP contribution in [-0.2, 0) is 16.0 Å². The molecule has 0 amide bonds. The third kappa shape index (κ3) is 3.74. The summed E-state index contributed by atoms with van der Waals surface area (Å²) in [6.07, 6.45) is 4.70. The Kier molecular flexibility index (Phi) is 5.09. The van der Waals surface area contributed by atoms with Gasteiger partial charge in [0.1, 0.15) is 6.04 Å². The molecule has 0 saturated heterocycles. The number of carboxylic acids is 1. The number of halogens is 1. The topological polar surface area (TPSA) is 85.6 Å². The number of hydrogen-bond acceptors (Lipinski definition) is 4. The second-order valence-corrected chi connectivity index (χ2v) is 8.50. The predicted molar refractivity (Wildman–Crippen MR) is 109 cm³/mol. The van der Waals surface area contributed by atoms with E-state index in [1.165, 1.54) is 19.4 Å². The van der Waals surface area contributed by atoms with Crippen molar-refractivity contribution in [2.45, 2.75) is 38.1 Å². The van der Waals surface area contributed by atoms with E-state index in [4.69, 9.17) is 16.3 Å².